The summed E-state index contributed by atoms with van der Waals surface area (Å²) in [4.78, 5) is 24.5. The molecular weight excluding hydrogens is 259 g/mol. The number of imide groups is 1. The molecule has 0 N–H and O–H groups in total. The van der Waals surface area contributed by atoms with E-state index in [4.69, 9.17) is 0 Å². The molecule has 2 rings (SSSR count). The Kier molecular flexibility index (Phi) is 3.34. The van der Waals surface area contributed by atoms with Crippen molar-refractivity contribution in [3.63, 3.8) is 0 Å². The highest BCUT2D eigenvalue weighted by molar-refractivity contribution is 6.21. The van der Waals surface area contributed by atoms with E-state index in [-0.39, 0.29) is 17.5 Å². The number of rotatable bonds is 3. The third-order valence-corrected chi connectivity index (χ3v) is 3.24. The highest BCUT2D eigenvalue weighted by atomic mass is 19.4. The van der Waals surface area contributed by atoms with E-state index >= 15 is 0 Å². The molecule has 0 bridgehead atoms. The molecule has 19 heavy (non-hydrogen) atoms. The average molecular weight is 271 g/mol. The monoisotopic (exact) mass is 271 g/mol. The van der Waals surface area contributed by atoms with Crippen molar-refractivity contribution in [3.8, 4) is 0 Å². The summed E-state index contributed by atoms with van der Waals surface area (Å²) in [5.41, 5.74) is 0.342. The zero-order chi connectivity index (χ0) is 14.2. The van der Waals surface area contributed by atoms with Crippen molar-refractivity contribution in [3.05, 3.63) is 35.4 Å². The van der Waals surface area contributed by atoms with Gasteiger partial charge in [-0.25, -0.2) is 0 Å². The summed E-state index contributed by atoms with van der Waals surface area (Å²) in [5, 5.41) is 0. The Morgan fingerprint density at radius 1 is 1.11 bits per heavy atom. The fourth-order valence-corrected chi connectivity index (χ4v) is 2.09. The van der Waals surface area contributed by atoms with Crippen LogP contribution in [0, 0.1) is 5.92 Å². The molecule has 0 aromatic heterocycles. The van der Waals surface area contributed by atoms with Gasteiger partial charge in [-0.1, -0.05) is 19.1 Å². The van der Waals surface area contributed by atoms with E-state index in [0.717, 1.165) is 0 Å². The second-order valence-corrected chi connectivity index (χ2v) is 4.41. The van der Waals surface area contributed by atoms with Crippen LogP contribution in [0.3, 0.4) is 0 Å². The maximum absolute atomic E-state index is 12.7. The van der Waals surface area contributed by atoms with Gasteiger partial charge in [-0.2, -0.15) is 13.2 Å². The number of hydrogen-bond donors (Lipinski definition) is 0. The molecule has 0 aliphatic carbocycles. The Bertz CT molecular complexity index is 490. The van der Waals surface area contributed by atoms with Crippen LogP contribution in [0.15, 0.2) is 24.3 Å². The number of nitrogens with zero attached hydrogens (tertiary/aromatic N) is 1. The van der Waals surface area contributed by atoms with Crippen LogP contribution < -0.4 is 0 Å². The first-order chi connectivity index (χ1) is 8.86. The summed E-state index contributed by atoms with van der Waals surface area (Å²) < 4.78 is 38.1. The maximum Gasteiger partial charge on any atom is 0.393 e. The highest BCUT2D eigenvalue weighted by Gasteiger charge is 2.44. The van der Waals surface area contributed by atoms with Crippen LogP contribution in [0.5, 0.6) is 0 Å². The van der Waals surface area contributed by atoms with Crippen LogP contribution in [-0.2, 0) is 0 Å². The molecule has 0 saturated heterocycles. The molecular formula is C13H12F3NO2. The first kappa shape index (κ1) is 13.6. The van der Waals surface area contributed by atoms with Crippen LogP contribution in [0.2, 0.25) is 0 Å². The Morgan fingerprint density at radius 3 is 1.95 bits per heavy atom. The summed E-state index contributed by atoms with van der Waals surface area (Å²) in [6.45, 7) is 0.767. The smallest absolute Gasteiger partial charge is 0.274 e. The molecule has 0 fully saturated rings. The Balaban J connectivity index is 2.25. The molecule has 0 spiro atoms. The molecule has 1 aromatic carbocycles. The number of carbonyl (C=O) groups excluding carboxylic acids is 2. The van der Waals surface area contributed by atoms with Crippen LogP contribution in [-0.4, -0.2) is 29.4 Å². The van der Waals surface area contributed by atoms with Gasteiger partial charge in [0, 0.05) is 6.54 Å². The van der Waals surface area contributed by atoms with E-state index in [1.165, 1.54) is 19.1 Å². The predicted octanol–water partition coefficient (Wildman–Crippen LogP) is 2.87. The van der Waals surface area contributed by atoms with Gasteiger partial charge in [0.2, 0.25) is 0 Å². The minimum atomic E-state index is -4.41. The molecule has 1 aromatic rings. The van der Waals surface area contributed by atoms with Crippen molar-refractivity contribution in [2.75, 3.05) is 6.54 Å². The number of benzene rings is 1. The van der Waals surface area contributed by atoms with E-state index in [1.807, 2.05) is 0 Å². The van der Waals surface area contributed by atoms with Crippen LogP contribution in [0.25, 0.3) is 0 Å². The van der Waals surface area contributed by atoms with Gasteiger partial charge in [-0.05, 0) is 18.6 Å². The molecule has 1 atom stereocenters. The summed E-state index contributed by atoms with van der Waals surface area (Å²) in [6, 6.07) is 6.05. The van der Waals surface area contributed by atoms with Crippen molar-refractivity contribution in [2.24, 2.45) is 5.92 Å². The Labute approximate surface area is 108 Å². The summed E-state index contributed by atoms with van der Waals surface area (Å²) in [5.74, 6) is -2.98. The van der Waals surface area contributed by atoms with Crippen molar-refractivity contribution >= 4 is 11.8 Å². The predicted molar refractivity (Wildman–Crippen MR) is 61.6 cm³/mol. The van der Waals surface area contributed by atoms with Crippen molar-refractivity contribution < 1.29 is 22.8 Å². The molecule has 2 amide bonds. The van der Waals surface area contributed by atoms with Gasteiger partial charge >= 0.3 is 6.18 Å². The lowest BCUT2D eigenvalue weighted by Gasteiger charge is -2.23. The van der Waals surface area contributed by atoms with Gasteiger partial charge in [0.05, 0.1) is 17.0 Å². The average Bonchev–Trinajstić information content (AvgIpc) is 2.59. The van der Waals surface area contributed by atoms with Crippen molar-refractivity contribution in [1.82, 2.24) is 4.90 Å². The van der Waals surface area contributed by atoms with Crippen LogP contribution in [0.1, 0.15) is 34.1 Å². The second kappa shape index (κ2) is 4.68. The SMILES string of the molecule is CCC(CN1C(=O)c2ccccc2C1=O)C(F)(F)F. The van der Waals surface area contributed by atoms with Gasteiger partial charge in [0.25, 0.3) is 11.8 Å². The number of amides is 2. The minimum absolute atomic E-state index is 0.170. The molecule has 1 heterocycles. The summed E-state index contributed by atoms with van der Waals surface area (Å²) >= 11 is 0. The first-order valence-electron chi connectivity index (χ1n) is 5.88. The normalized spacial score (nSPS) is 16.7. The zero-order valence-electron chi connectivity index (χ0n) is 10.2. The third kappa shape index (κ3) is 2.34. The number of alkyl halides is 3. The lowest BCUT2D eigenvalue weighted by Crippen LogP contribution is -2.39. The van der Waals surface area contributed by atoms with E-state index < -0.39 is 30.5 Å². The third-order valence-electron chi connectivity index (χ3n) is 3.24. The number of hydrogen-bond acceptors (Lipinski definition) is 2. The molecule has 0 radical (unpaired) electrons. The Hall–Kier alpha value is -1.85. The van der Waals surface area contributed by atoms with E-state index in [1.54, 1.807) is 12.1 Å². The lowest BCUT2D eigenvalue weighted by atomic mass is 10.1. The highest BCUT2D eigenvalue weighted by Crippen LogP contribution is 2.32. The Morgan fingerprint density at radius 2 is 1.58 bits per heavy atom. The molecule has 102 valence electrons. The minimum Gasteiger partial charge on any atom is -0.274 e. The quantitative estimate of drug-likeness (QED) is 0.793. The number of halogens is 3. The summed E-state index contributed by atoms with van der Waals surface area (Å²) in [6.07, 6.45) is -4.58. The van der Waals surface area contributed by atoms with Gasteiger partial charge in [-0.15, -0.1) is 0 Å². The zero-order valence-corrected chi connectivity index (χ0v) is 10.2. The van der Waals surface area contributed by atoms with E-state index in [0.29, 0.717) is 4.90 Å². The van der Waals surface area contributed by atoms with Gasteiger partial charge in [0.15, 0.2) is 0 Å². The van der Waals surface area contributed by atoms with E-state index in [9.17, 15) is 22.8 Å². The largest absolute Gasteiger partial charge is 0.393 e. The van der Waals surface area contributed by atoms with Crippen molar-refractivity contribution in [2.45, 2.75) is 19.5 Å². The molecule has 3 nitrogen and oxygen atoms in total. The molecule has 1 unspecified atom stereocenters. The van der Waals surface area contributed by atoms with E-state index in [2.05, 4.69) is 0 Å². The standard InChI is InChI=1S/C13H12F3NO2/c1-2-8(13(14,15)16)7-17-11(18)9-5-3-4-6-10(9)12(17)19/h3-6,8H,2,7H2,1H3. The number of fused-ring (bicyclic) bond motifs is 1. The van der Waals surface area contributed by atoms with Crippen molar-refractivity contribution in [1.29, 1.82) is 0 Å². The van der Waals surface area contributed by atoms with Gasteiger partial charge < -0.3 is 0 Å². The van der Waals surface area contributed by atoms with Crippen LogP contribution >= 0.6 is 0 Å². The molecule has 0 saturated carbocycles. The van der Waals surface area contributed by atoms with Crippen LogP contribution in [0.4, 0.5) is 13.2 Å². The molecule has 1 aliphatic rings. The lowest BCUT2D eigenvalue weighted by molar-refractivity contribution is -0.176. The fraction of sp³-hybridized carbons (Fsp3) is 0.385. The molecule has 6 heteroatoms. The summed E-state index contributed by atoms with van der Waals surface area (Å²) in [7, 11) is 0. The second-order valence-electron chi connectivity index (χ2n) is 4.41. The fourth-order valence-electron chi connectivity index (χ4n) is 2.09. The number of carbonyl (C=O) groups is 2. The van der Waals surface area contributed by atoms with Gasteiger partial charge in [0.1, 0.15) is 0 Å². The van der Waals surface area contributed by atoms with Gasteiger partial charge in [-0.3, -0.25) is 14.5 Å². The topological polar surface area (TPSA) is 37.4 Å². The molecule has 1 aliphatic heterocycles. The maximum atomic E-state index is 12.7. The first-order valence-corrected chi connectivity index (χ1v) is 5.88.